The maximum Gasteiger partial charge on any atom is 0.258 e. The van der Waals surface area contributed by atoms with Gasteiger partial charge in [0.15, 0.2) is 5.13 Å². The van der Waals surface area contributed by atoms with Gasteiger partial charge in [0, 0.05) is 22.7 Å². The van der Waals surface area contributed by atoms with E-state index in [1.54, 1.807) is 7.11 Å². The molecule has 122 valence electrons. The molecule has 0 saturated heterocycles. The Kier molecular flexibility index (Phi) is 4.43. The van der Waals surface area contributed by atoms with Gasteiger partial charge in [0.25, 0.3) is 5.91 Å². The lowest BCUT2D eigenvalue weighted by Gasteiger charge is -2.02. The highest BCUT2D eigenvalue weighted by Gasteiger charge is 2.13. The van der Waals surface area contributed by atoms with Crippen LogP contribution in [0.4, 0.5) is 5.13 Å². The van der Waals surface area contributed by atoms with Crippen molar-refractivity contribution in [2.75, 3.05) is 12.4 Å². The van der Waals surface area contributed by atoms with Crippen LogP contribution in [0.5, 0.6) is 5.75 Å². The number of benzene rings is 1. The summed E-state index contributed by atoms with van der Waals surface area (Å²) in [5.74, 6) is 0.458. The van der Waals surface area contributed by atoms with Crippen molar-refractivity contribution in [1.29, 1.82) is 0 Å². The van der Waals surface area contributed by atoms with Gasteiger partial charge in [-0.15, -0.1) is 11.3 Å². The SMILES string of the molecule is COc1ccc(-c2nc(NC(=O)c3ccc(=O)[nH]c3)sc2C)cc1. The monoisotopic (exact) mass is 341 g/mol. The number of H-pyrrole nitrogens is 1. The molecular formula is C17H15N3O3S. The molecule has 0 aliphatic rings. The Hall–Kier alpha value is -2.93. The highest BCUT2D eigenvalue weighted by Crippen LogP contribution is 2.31. The number of nitrogens with one attached hydrogen (secondary N) is 2. The molecule has 0 radical (unpaired) electrons. The molecule has 0 aliphatic heterocycles. The van der Waals surface area contributed by atoms with E-state index in [-0.39, 0.29) is 11.5 Å². The maximum atomic E-state index is 12.2. The number of amides is 1. The van der Waals surface area contributed by atoms with E-state index >= 15 is 0 Å². The Morgan fingerprint density at radius 3 is 2.58 bits per heavy atom. The molecule has 6 nitrogen and oxygen atoms in total. The Labute approximate surface area is 142 Å². The van der Waals surface area contributed by atoms with E-state index in [0.29, 0.717) is 10.7 Å². The Bertz CT molecular complexity index is 909. The molecule has 2 heterocycles. The fourth-order valence-electron chi connectivity index (χ4n) is 2.19. The lowest BCUT2D eigenvalue weighted by Crippen LogP contribution is -2.14. The van der Waals surface area contributed by atoms with Gasteiger partial charge in [-0.05, 0) is 37.3 Å². The summed E-state index contributed by atoms with van der Waals surface area (Å²) in [6.45, 7) is 1.95. The van der Waals surface area contributed by atoms with Gasteiger partial charge < -0.3 is 9.72 Å². The first-order valence-corrected chi connectivity index (χ1v) is 8.00. The summed E-state index contributed by atoms with van der Waals surface area (Å²) in [4.78, 5) is 31.2. The van der Waals surface area contributed by atoms with Gasteiger partial charge in [-0.25, -0.2) is 4.98 Å². The van der Waals surface area contributed by atoms with Crippen molar-refractivity contribution >= 4 is 22.4 Å². The molecule has 1 aromatic carbocycles. The third-order valence-corrected chi connectivity index (χ3v) is 4.31. The first kappa shape index (κ1) is 15.9. The van der Waals surface area contributed by atoms with Gasteiger partial charge in [0.2, 0.25) is 5.56 Å². The second-order valence-electron chi connectivity index (χ2n) is 5.05. The fourth-order valence-corrected chi connectivity index (χ4v) is 3.02. The van der Waals surface area contributed by atoms with E-state index in [4.69, 9.17) is 4.74 Å². The number of rotatable bonds is 4. The van der Waals surface area contributed by atoms with Crippen LogP contribution in [0.15, 0.2) is 47.4 Å². The zero-order chi connectivity index (χ0) is 17.1. The third kappa shape index (κ3) is 3.36. The highest BCUT2D eigenvalue weighted by atomic mass is 32.1. The maximum absolute atomic E-state index is 12.2. The number of thiazole rings is 1. The Morgan fingerprint density at radius 1 is 1.21 bits per heavy atom. The first-order valence-electron chi connectivity index (χ1n) is 7.19. The molecule has 3 rings (SSSR count). The number of aromatic nitrogens is 2. The molecular weight excluding hydrogens is 326 g/mol. The summed E-state index contributed by atoms with van der Waals surface area (Å²) in [6.07, 6.45) is 1.38. The van der Waals surface area contributed by atoms with Crippen LogP contribution < -0.4 is 15.6 Å². The van der Waals surface area contributed by atoms with Gasteiger partial charge >= 0.3 is 0 Å². The van der Waals surface area contributed by atoms with Gasteiger partial charge in [-0.2, -0.15) is 0 Å². The van der Waals surface area contributed by atoms with Crippen molar-refractivity contribution in [1.82, 2.24) is 9.97 Å². The van der Waals surface area contributed by atoms with E-state index in [0.717, 1.165) is 21.9 Å². The average Bonchev–Trinajstić information content (AvgIpc) is 2.95. The Balaban J connectivity index is 1.81. The number of ether oxygens (including phenoxy) is 1. The minimum atomic E-state index is -0.318. The number of methoxy groups -OCH3 is 1. The predicted octanol–water partition coefficient (Wildman–Crippen LogP) is 3.07. The normalized spacial score (nSPS) is 10.4. The molecule has 0 saturated carbocycles. The fraction of sp³-hybridized carbons (Fsp3) is 0.118. The van der Waals surface area contributed by atoms with E-state index in [9.17, 15) is 9.59 Å². The van der Waals surface area contributed by atoms with E-state index in [1.165, 1.54) is 29.7 Å². The number of carbonyl (C=O) groups is 1. The predicted molar refractivity (Wildman–Crippen MR) is 93.9 cm³/mol. The summed E-state index contributed by atoms with van der Waals surface area (Å²) in [5.41, 5.74) is 1.89. The van der Waals surface area contributed by atoms with Gasteiger partial charge in [0.1, 0.15) is 5.75 Å². The van der Waals surface area contributed by atoms with Crippen molar-refractivity contribution in [3.05, 3.63) is 63.4 Å². The number of hydrogen-bond donors (Lipinski definition) is 2. The summed E-state index contributed by atoms with van der Waals surface area (Å²) < 4.78 is 5.15. The molecule has 3 aromatic rings. The number of carbonyl (C=O) groups excluding carboxylic acids is 1. The van der Waals surface area contributed by atoms with Crippen LogP contribution in [0, 0.1) is 6.92 Å². The van der Waals surface area contributed by atoms with Gasteiger partial charge in [0.05, 0.1) is 18.4 Å². The smallest absolute Gasteiger partial charge is 0.258 e. The molecule has 7 heteroatoms. The topological polar surface area (TPSA) is 84.1 Å². The van der Waals surface area contributed by atoms with Crippen molar-refractivity contribution in [3.8, 4) is 17.0 Å². The van der Waals surface area contributed by atoms with E-state index in [1.807, 2.05) is 31.2 Å². The lowest BCUT2D eigenvalue weighted by molar-refractivity contribution is 0.102. The largest absolute Gasteiger partial charge is 0.497 e. The van der Waals surface area contributed by atoms with Crippen LogP contribution in [0.1, 0.15) is 15.2 Å². The minimum absolute atomic E-state index is 0.251. The first-order chi connectivity index (χ1) is 11.6. The average molecular weight is 341 g/mol. The number of nitrogens with zero attached hydrogens (tertiary/aromatic N) is 1. The summed E-state index contributed by atoms with van der Waals surface area (Å²) >= 11 is 1.40. The van der Waals surface area contributed by atoms with Crippen LogP contribution in [-0.4, -0.2) is 23.0 Å². The molecule has 1 amide bonds. The van der Waals surface area contributed by atoms with Crippen LogP contribution in [0.25, 0.3) is 11.3 Å². The molecule has 0 bridgehead atoms. The third-order valence-electron chi connectivity index (χ3n) is 3.43. The molecule has 0 fully saturated rings. The second kappa shape index (κ2) is 6.67. The molecule has 24 heavy (non-hydrogen) atoms. The summed E-state index contributed by atoms with van der Waals surface area (Å²) in [7, 11) is 1.62. The zero-order valence-electron chi connectivity index (χ0n) is 13.1. The molecule has 2 N–H and O–H groups in total. The number of anilines is 1. The quantitative estimate of drug-likeness (QED) is 0.764. The number of aromatic amines is 1. The van der Waals surface area contributed by atoms with E-state index in [2.05, 4.69) is 15.3 Å². The Morgan fingerprint density at radius 2 is 1.96 bits per heavy atom. The van der Waals surface area contributed by atoms with Crippen molar-refractivity contribution in [3.63, 3.8) is 0 Å². The molecule has 0 atom stereocenters. The van der Waals surface area contributed by atoms with Gasteiger partial charge in [-0.3, -0.25) is 14.9 Å². The van der Waals surface area contributed by atoms with Crippen LogP contribution in [0.2, 0.25) is 0 Å². The van der Waals surface area contributed by atoms with Crippen LogP contribution >= 0.6 is 11.3 Å². The van der Waals surface area contributed by atoms with Crippen LogP contribution in [0.3, 0.4) is 0 Å². The molecule has 2 aromatic heterocycles. The number of aryl methyl sites for hydroxylation is 1. The minimum Gasteiger partial charge on any atom is -0.497 e. The number of hydrogen-bond acceptors (Lipinski definition) is 5. The van der Waals surface area contributed by atoms with Gasteiger partial charge in [-0.1, -0.05) is 0 Å². The summed E-state index contributed by atoms with van der Waals surface area (Å²) in [6, 6.07) is 10.4. The molecule has 0 unspecified atom stereocenters. The molecule has 0 spiro atoms. The van der Waals surface area contributed by atoms with Crippen molar-refractivity contribution in [2.45, 2.75) is 6.92 Å². The summed E-state index contributed by atoms with van der Waals surface area (Å²) in [5, 5.41) is 3.26. The lowest BCUT2D eigenvalue weighted by atomic mass is 10.1. The second-order valence-corrected chi connectivity index (χ2v) is 6.25. The van der Waals surface area contributed by atoms with E-state index < -0.39 is 0 Å². The van der Waals surface area contributed by atoms with Crippen molar-refractivity contribution in [2.24, 2.45) is 0 Å². The van der Waals surface area contributed by atoms with Crippen LogP contribution in [-0.2, 0) is 0 Å². The number of pyridine rings is 1. The van der Waals surface area contributed by atoms with Crippen molar-refractivity contribution < 1.29 is 9.53 Å². The zero-order valence-corrected chi connectivity index (χ0v) is 13.9. The highest BCUT2D eigenvalue weighted by molar-refractivity contribution is 7.16. The molecule has 0 aliphatic carbocycles. The standard InChI is InChI=1S/C17H15N3O3S/c1-10-15(11-3-6-13(23-2)7-4-11)19-17(24-10)20-16(22)12-5-8-14(21)18-9-12/h3-9H,1-2H3,(H,18,21)(H,19,20,22).